The summed E-state index contributed by atoms with van der Waals surface area (Å²) in [4.78, 5) is 12.9. The van der Waals surface area contributed by atoms with Crippen LogP contribution in [-0.4, -0.2) is 29.2 Å². The standard InChI is InChI=1S/C15H14N4O2/c1-20-12-6-3-9(7-13(12)21-2)10-4-5-11-15(18-10)19-14(16)8-17-11/h3-8H,1-2H3,(H2,16,18,19). The van der Waals surface area contributed by atoms with Gasteiger partial charge in [0.25, 0.3) is 0 Å². The van der Waals surface area contributed by atoms with Crippen LogP contribution in [0.15, 0.2) is 36.5 Å². The monoisotopic (exact) mass is 282 g/mol. The van der Waals surface area contributed by atoms with Gasteiger partial charge in [0, 0.05) is 5.56 Å². The van der Waals surface area contributed by atoms with Gasteiger partial charge in [-0.05, 0) is 30.3 Å². The number of aromatic nitrogens is 3. The smallest absolute Gasteiger partial charge is 0.180 e. The highest BCUT2D eigenvalue weighted by atomic mass is 16.5. The number of nitrogens with two attached hydrogens (primary N) is 1. The number of pyridine rings is 1. The Bertz CT molecular complexity index is 805. The zero-order valence-electron chi connectivity index (χ0n) is 11.7. The van der Waals surface area contributed by atoms with Crippen LogP contribution in [-0.2, 0) is 0 Å². The molecule has 0 aliphatic rings. The van der Waals surface area contributed by atoms with Gasteiger partial charge >= 0.3 is 0 Å². The Labute approximate surface area is 121 Å². The SMILES string of the molecule is COc1ccc(-c2ccc3ncc(N)nc3n2)cc1OC. The number of benzene rings is 1. The third-order valence-electron chi connectivity index (χ3n) is 3.10. The van der Waals surface area contributed by atoms with Gasteiger partial charge in [0.1, 0.15) is 11.3 Å². The maximum atomic E-state index is 5.65. The van der Waals surface area contributed by atoms with E-state index in [1.54, 1.807) is 14.2 Å². The number of ether oxygens (including phenoxy) is 2. The topological polar surface area (TPSA) is 83.2 Å². The van der Waals surface area contributed by atoms with E-state index in [2.05, 4.69) is 15.0 Å². The number of hydrogen-bond donors (Lipinski definition) is 1. The molecule has 0 saturated carbocycles. The lowest BCUT2D eigenvalue weighted by molar-refractivity contribution is 0.355. The predicted molar refractivity (Wildman–Crippen MR) is 80.3 cm³/mol. The van der Waals surface area contributed by atoms with Gasteiger partial charge < -0.3 is 15.2 Å². The summed E-state index contributed by atoms with van der Waals surface area (Å²) in [5, 5.41) is 0. The number of rotatable bonds is 3. The maximum absolute atomic E-state index is 5.65. The first-order valence-corrected chi connectivity index (χ1v) is 6.33. The van der Waals surface area contributed by atoms with E-state index in [0.717, 1.165) is 11.3 Å². The zero-order valence-corrected chi connectivity index (χ0v) is 11.7. The van der Waals surface area contributed by atoms with Gasteiger partial charge in [-0.2, -0.15) is 0 Å². The van der Waals surface area contributed by atoms with E-state index in [0.29, 0.717) is 28.5 Å². The van der Waals surface area contributed by atoms with Crippen molar-refractivity contribution in [3.63, 3.8) is 0 Å². The first kappa shape index (κ1) is 13.1. The molecule has 0 aliphatic heterocycles. The van der Waals surface area contributed by atoms with Gasteiger partial charge in [0.2, 0.25) is 0 Å². The molecule has 0 aliphatic carbocycles. The van der Waals surface area contributed by atoms with E-state index in [4.69, 9.17) is 15.2 Å². The van der Waals surface area contributed by atoms with Crippen molar-refractivity contribution in [2.75, 3.05) is 20.0 Å². The molecule has 2 N–H and O–H groups in total. The summed E-state index contributed by atoms with van der Waals surface area (Å²) in [5.41, 5.74) is 8.53. The highest BCUT2D eigenvalue weighted by molar-refractivity contribution is 5.76. The van der Waals surface area contributed by atoms with Crippen molar-refractivity contribution in [3.05, 3.63) is 36.5 Å². The van der Waals surface area contributed by atoms with Crippen molar-refractivity contribution < 1.29 is 9.47 Å². The molecule has 6 heteroatoms. The maximum Gasteiger partial charge on any atom is 0.180 e. The number of nitrogen functional groups attached to an aromatic ring is 1. The molecule has 0 atom stereocenters. The van der Waals surface area contributed by atoms with Crippen molar-refractivity contribution >= 4 is 17.0 Å². The third-order valence-corrected chi connectivity index (χ3v) is 3.10. The molecule has 0 amide bonds. The first-order chi connectivity index (χ1) is 10.2. The molecule has 3 aromatic rings. The normalized spacial score (nSPS) is 10.6. The van der Waals surface area contributed by atoms with Crippen LogP contribution >= 0.6 is 0 Å². The molecule has 2 aromatic heterocycles. The predicted octanol–water partition coefficient (Wildman–Crippen LogP) is 2.29. The lowest BCUT2D eigenvalue weighted by Gasteiger charge is -2.09. The molecule has 3 rings (SSSR count). The Morgan fingerprint density at radius 3 is 2.52 bits per heavy atom. The summed E-state index contributed by atoms with van der Waals surface area (Å²) < 4.78 is 10.5. The van der Waals surface area contributed by atoms with E-state index >= 15 is 0 Å². The van der Waals surface area contributed by atoms with Crippen LogP contribution in [0.3, 0.4) is 0 Å². The number of methoxy groups -OCH3 is 2. The Hall–Kier alpha value is -2.89. The molecule has 2 heterocycles. The Morgan fingerprint density at radius 2 is 1.76 bits per heavy atom. The molecule has 0 spiro atoms. The van der Waals surface area contributed by atoms with Crippen molar-refractivity contribution in [3.8, 4) is 22.8 Å². The Morgan fingerprint density at radius 1 is 0.952 bits per heavy atom. The number of fused-ring (bicyclic) bond motifs is 1. The van der Waals surface area contributed by atoms with Crippen molar-refractivity contribution in [1.82, 2.24) is 15.0 Å². The fourth-order valence-corrected chi connectivity index (χ4v) is 2.07. The second kappa shape index (κ2) is 5.24. The fourth-order valence-electron chi connectivity index (χ4n) is 2.07. The first-order valence-electron chi connectivity index (χ1n) is 6.33. The number of nitrogens with zero attached hydrogens (tertiary/aromatic N) is 3. The van der Waals surface area contributed by atoms with Crippen LogP contribution in [0.4, 0.5) is 5.82 Å². The average molecular weight is 282 g/mol. The van der Waals surface area contributed by atoms with Crippen LogP contribution in [0.2, 0.25) is 0 Å². The highest BCUT2D eigenvalue weighted by Gasteiger charge is 2.08. The molecule has 0 fully saturated rings. The van der Waals surface area contributed by atoms with Gasteiger partial charge in [-0.3, -0.25) is 0 Å². The molecule has 0 saturated heterocycles. The lowest BCUT2D eigenvalue weighted by atomic mass is 10.1. The summed E-state index contributed by atoms with van der Waals surface area (Å²) in [5.74, 6) is 1.67. The lowest BCUT2D eigenvalue weighted by Crippen LogP contribution is -1.96. The van der Waals surface area contributed by atoms with Gasteiger partial charge in [0.05, 0.1) is 26.1 Å². The second-order valence-electron chi connectivity index (χ2n) is 4.40. The Balaban J connectivity index is 2.11. The van der Waals surface area contributed by atoms with Crippen molar-refractivity contribution in [2.45, 2.75) is 0 Å². The molecule has 1 aromatic carbocycles. The molecular formula is C15H14N4O2. The van der Waals surface area contributed by atoms with Gasteiger partial charge in [-0.1, -0.05) is 0 Å². The van der Waals surface area contributed by atoms with Crippen molar-refractivity contribution in [2.24, 2.45) is 0 Å². The number of hydrogen-bond acceptors (Lipinski definition) is 6. The number of anilines is 1. The van der Waals surface area contributed by atoms with E-state index in [9.17, 15) is 0 Å². The highest BCUT2D eigenvalue weighted by Crippen LogP contribution is 2.31. The minimum Gasteiger partial charge on any atom is -0.493 e. The summed E-state index contributed by atoms with van der Waals surface area (Å²) in [6, 6.07) is 9.36. The molecule has 0 unspecified atom stereocenters. The van der Waals surface area contributed by atoms with Crippen LogP contribution < -0.4 is 15.2 Å². The van der Waals surface area contributed by atoms with Crippen LogP contribution in [0.1, 0.15) is 0 Å². The third kappa shape index (κ3) is 2.43. The van der Waals surface area contributed by atoms with E-state index in [1.807, 2.05) is 30.3 Å². The summed E-state index contributed by atoms with van der Waals surface area (Å²) in [7, 11) is 3.20. The van der Waals surface area contributed by atoms with Crippen LogP contribution in [0, 0.1) is 0 Å². The van der Waals surface area contributed by atoms with E-state index in [-0.39, 0.29) is 0 Å². The van der Waals surface area contributed by atoms with Gasteiger partial charge in [-0.15, -0.1) is 0 Å². The zero-order chi connectivity index (χ0) is 14.8. The van der Waals surface area contributed by atoms with E-state index in [1.165, 1.54) is 6.20 Å². The molecule has 0 radical (unpaired) electrons. The summed E-state index contributed by atoms with van der Waals surface area (Å²) in [6.07, 6.45) is 1.51. The quantitative estimate of drug-likeness (QED) is 0.793. The van der Waals surface area contributed by atoms with E-state index < -0.39 is 0 Å². The summed E-state index contributed by atoms with van der Waals surface area (Å²) >= 11 is 0. The van der Waals surface area contributed by atoms with Gasteiger partial charge in [-0.25, -0.2) is 15.0 Å². The molecule has 21 heavy (non-hydrogen) atoms. The molecule has 6 nitrogen and oxygen atoms in total. The molecule has 106 valence electrons. The minimum atomic E-state index is 0.347. The van der Waals surface area contributed by atoms with Gasteiger partial charge in [0.15, 0.2) is 17.1 Å². The summed E-state index contributed by atoms with van der Waals surface area (Å²) in [6.45, 7) is 0. The fraction of sp³-hybridized carbons (Fsp3) is 0.133. The second-order valence-corrected chi connectivity index (χ2v) is 4.40. The molecule has 0 bridgehead atoms. The largest absolute Gasteiger partial charge is 0.493 e. The van der Waals surface area contributed by atoms with Crippen LogP contribution in [0.25, 0.3) is 22.4 Å². The van der Waals surface area contributed by atoms with Crippen molar-refractivity contribution in [1.29, 1.82) is 0 Å². The molecular weight excluding hydrogens is 268 g/mol. The van der Waals surface area contributed by atoms with Crippen LogP contribution in [0.5, 0.6) is 11.5 Å². The minimum absolute atomic E-state index is 0.347. The average Bonchev–Trinajstić information content (AvgIpc) is 2.53. The Kier molecular flexibility index (Phi) is 3.27.